The normalized spacial score (nSPS) is 33.2. The molecule has 0 saturated heterocycles. The summed E-state index contributed by atoms with van der Waals surface area (Å²) in [4.78, 5) is 14.5. The lowest BCUT2D eigenvalue weighted by Crippen LogP contribution is -2.49. The Morgan fingerprint density at radius 2 is 1.70 bits per heavy atom. The van der Waals surface area contributed by atoms with Crippen LogP contribution in [0, 0.1) is 23.2 Å². The number of nitrogens with zero attached hydrogens (tertiary/aromatic N) is 1. The molecule has 2 fully saturated rings. The van der Waals surface area contributed by atoms with Crippen LogP contribution in [0.25, 0.3) is 0 Å². The third-order valence-corrected chi connectivity index (χ3v) is 4.85. The molecule has 2 bridgehead atoms. The van der Waals surface area contributed by atoms with E-state index in [1.807, 2.05) is 11.9 Å². The maximum atomic E-state index is 12.6. The summed E-state index contributed by atoms with van der Waals surface area (Å²) in [5.74, 6) is 1.75. The van der Waals surface area contributed by atoms with Crippen LogP contribution in [0.2, 0.25) is 0 Å². The van der Waals surface area contributed by atoms with Crippen molar-refractivity contribution < 1.29 is 4.79 Å². The number of hydrogen-bond donors (Lipinski definition) is 1. The van der Waals surface area contributed by atoms with Crippen molar-refractivity contribution in [1.29, 1.82) is 0 Å². The van der Waals surface area contributed by atoms with E-state index in [1.165, 1.54) is 19.3 Å². The predicted octanol–water partition coefficient (Wildman–Crippen LogP) is 3.07. The van der Waals surface area contributed by atoms with E-state index in [2.05, 4.69) is 20.8 Å². The van der Waals surface area contributed by atoms with Gasteiger partial charge in [0.1, 0.15) is 0 Å². The van der Waals surface area contributed by atoms with Crippen LogP contribution in [0.4, 0.5) is 0 Å². The Kier molecular flexibility index (Phi) is 5.91. The fourth-order valence-electron chi connectivity index (χ4n) is 4.09. The number of fused-ring (bicyclic) bond motifs is 2. The van der Waals surface area contributed by atoms with Gasteiger partial charge >= 0.3 is 0 Å². The van der Waals surface area contributed by atoms with Gasteiger partial charge in [-0.15, -0.1) is 12.4 Å². The summed E-state index contributed by atoms with van der Waals surface area (Å²) in [6, 6.07) is 0.353. The van der Waals surface area contributed by atoms with E-state index in [4.69, 9.17) is 5.73 Å². The van der Waals surface area contributed by atoms with Crippen LogP contribution >= 0.6 is 12.4 Å². The van der Waals surface area contributed by atoms with Crippen LogP contribution in [-0.2, 0) is 4.79 Å². The summed E-state index contributed by atoms with van der Waals surface area (Å²) >= 11 is 0. The first kappa shape index (κ1) is 17.8. The number of carbonyl (C=O) groups is 1. The van der Waals surface area contributed by atoms with Gasteiger partial charge in [0.15, 0.2) is 0 Å². The van der Waals surface area contributed by atoms with Crippen LogP contribution in [0.5, 0.6) is 0 Å². The minimum Gasteiger partial charge on any atom is -0.345 e. The van der Waals surface area contributed by atoms with Crippen molar-refractivity contribution in [3.05, 3.63) is 0 Å². The average Bonchev–Trinajstić information content (AvgIpc) is 2.25. The molecular formula is C16H31ClN2O. The number of nitrogens with two attached hydrogens (primary N) is 1. The van der Waals surface area contributed by atoms with E-state index in [0.717, 1.165) is 19.4 Å². The molecule has 1 amide bonds. The SMILES string of the molecule is CN(CC(C)(C)C)C(=O)C1CC2CCCC(C1)C2N.Cl. The van der Waals surface area contributed by atoms with E-state index >= 15 is 0 Å². The lowest BCUT2D eigenvalue weighted by Gasteiger charge is -2.44. The van der Waals surface area contributed by atoms with Gasteiger partial charge in [-0.2, -0.15) is 0 Å². The smallest absolute Gasteiger partial charge is 0.225 e. The highest BCUT2D eigenvalue weighted by atomic mass is 35.5. The number of hydrogen-bond acceptors (Lipinski definition) is 2. The number of halogens is 1. The minimum atomic E-state index is 0. The first-order valence-electron chi connectivity index (χ1n) is 7.78. The van der Waals surface area contributed by atoms with Gasteiger partial charge in [0.05, 0.1) is 0 Å². The van der Waals surface area contributed by atoms with Gasteiger partial charge in [-0.3, -0.25) is 4.79 Å². The summed E-state index contributed by atoms with van der Waals surface area (Å²) in [7, 11) is 1.96. The van der Waals surface area contributed by atoms with Gasteiger partial charge in [0, 0.05) is 25.6 Å². The standard InChI is InChI=1S/C16H30N2O.ClH/c1-16(2,3)10-18(4)15(19)13-8-11-6-5-7-12(9-13)14(11)17;/h11-14H,5-10,17H2,1-4H3;1H. The molecule has 118 valence electrons. The molecule has 2 atom stereocenters. The molecule has 0 radical (unpaired) electrons. The summed E-state index contributed by atoms with van der Waals surface area (Å²) in [5.41, 5.74) is 6.47. The molecule has 2 saturated carbocycles. The van der Waals surface area contributed by atoms with E-state index in [1.54, 1.807) is 0 Å². The molecule has 0 aromatic rings. The van der Waals surface area contributed by atoms with Gasteiger partial charge in [-0.05, 0) is 42.9 Å². The maximum absolute atomic E-state index is 12.6. The molecule has 0 heterocycles. The Labute approximate surface area is 130 Å². The second-order valence-corrected chi connectivity index (χ2v) is 7.95. The van der Waals surface area contributed by atoms with Crippen LogP contribution in [-0.4, -0.2) is 30.4 Å². The summed E-state index contributed by atoms with van der Waals surface area (Å²) in [6.45, 7) is 7.39. The monoisotopic (exact) mass is 302 g/mol. The largest absolute Gasteiger partial charge is 0.345 e. The molecule has 0 aliphatic heterocycles. The van der Waals surface area contributed by atoms with Gasteiger partial charge in [0.25, 0.3) is 0 Å². The highest BCUT2D eigenvalue weighted by Gasteiger charge is 2.41. The van der Waals surface area contributed by atoms with Gasteiger partial charge in [-0.25, -0.2) is 0 Å². The summed E-state index contributed by atoms with van der Waals surface area (Å²) < 4.78 is 0. The van der Waals surface area contributed by atoms with Crippen molar-refractivity contribution in [3.63, 3.8) is 0 Å². The molecule has 0 spiro atoms. The molecule has 2 aliphatic rings. The topological polar surface area (TPSA) is 46.3 Å². The van der Waals surface area contributed by atoms with Gasteiger partial charge in [-0.1, -0.05) is 27.2 Å². The second kappa shape index (κ2) is 6.65. The first-order valence-corrected chi connectivity index (χ1v) is 7.78. The number of amides is 1. The Morgan fingerprint density at radius 3 is 2.15 bits per heavy atom. The fourth-order valence-corrected chi connectivity index (χ4v) is 4.09. The van der Waals surface area contributed by atoms with Crippen LogP contribution < -0.4 is 5.73 Å². The van der Waals surface area contributed by atoms with Crippen molar-refractivity contribution >= 4 is 18.3 Å². The molecule has 2 rings (SSSR count). The van der Waals surface area contributed by atoms with Gasteiger partial charge < -0.3 is 10.6 Å². The Balaban J connectivity index is 0.00000200. The molecule has 4 heteroatoms. The van der Waals surface area contributed by atoms with E-state index in [-0.39, 0.29) is 23.7 Å². The first-order chi connectivity index (χ1) is 8.78. The summed E-state index contributed by atoms with van der Waals surface area (Å²) in [6.07, 6.45) is 5.80. The van der Waals surface area contributed by atoms with E-state index < -0.39 is 0 Å². The molecule has 20 heavy (non-hydrogen) atoms. The number of carbonyl (C=O) groups excluding carboxylic acids is 1. The highest BCUT2D eigenvalue weighted by Crippen LogP contribution is 2.42. The fraction of sp³-hybridized carbons (Fsp3) is 0.938. The molecule has 3 nitrogen and oxygen atoms in total. The van der Waals surface area contributed by atoms with Crippen molar-refractivity contribution in [2.45, 2.75) is 58.9 Å². The van der Waals surface area contributed by atoms with Gasteiger partial charge in [0.2, 0.25) is 5.91 Å². The summed E-state index contributed by atoms with van der Waals surface area (Å²) in [5, 5.41) is 0. The quantitative estimate of drug-likeness (QED) is 0.852. The van der Waals surface area contributed by atoms with Crippen LogP contribution in [0.3, 0.4) is 0 Å². The van der Waals surface area contributed by atoms with Crippen LogP contribution in [0.1, 0.15) is 52.9 Å². The molecule has 0 aromatic carbocycles. The maximum Gasteiger partial charge on any atom is 0.225 e. The molecule has 0 aromatic heterocycles. The zero-order valence-electron chi connectivity index (χ0n) is 13.4. The number of rotatable bonds is 2. The molecule has 2 aliphatic carbocycles. The van der Waals surface area contributed by atoms with Crippen LogP contribution in [0.15, 0.2) is 0 Å². The van der Waals surface area contributed by atoms with E-state index in [0.29, 0.717) is 23.8 Å². The lowest BCUT2D eigenvalue weighted by molar-refractivity contribution is -0.138. The predicted molar refractivity (Wildman–Crippen MR) is 85.9 cm³/mol. The molecule has 2 unspecified atom stereocenters. The van der Waals surface area contributed by atoms with Crippen molar-refractivity contribution in [1.82, 2.24) is 4.90 Å². The third-order valence-electron chi connectivity index (χ3n) is 4.85. The second-order valence-electron chi connectivity index (χ2n) is 7.95. The van der Waals surface area contributed by atoms with Crippen molar-refractivity contribution in [3.8, 4) is 0 Å². The Hall–Kier alpha value is -0.280. The zero-order valence-corrected chi connectivity index (χ0v) is 14.2. The van der Waals surface area contributed by atoms with E-state index in [9.17, 15) is 4.79 Å². The average molecular weight is 303 g/mol. The molecule has 2 N–H and O–H groups in total. The van der Waals surface area contributed by atoms with Crippen molar-refractivity contribution in [2.75, 3.05) is 13.6 Å². The zero-order chi connectivity index (χ0) is 14.2. The third kappa shape index (κ3) is 4.11. The Morgan fingerprint density at radius 1 is 1.20 bits per heavy atom. The highest BCUT2D eigenvalue weighted by molar-refractivity contribution is 5.85. The molecular weight excluding hydrogens is 272 g/mol. The Bertz CT molecular complexity index is 326. The van der Waals surface area contributed by atoms with Crippen molar-refractivity contribution in [2.24, 2.45) is 28.9 Å². The minimum absolute atomic E-state index is 0. The lowest BCUT2D eigenvalue weighted by atomic mass is 9.65.